The van der Waals surface area contributed by atoms with Crippen molar-refractivity contribution in [2.45, 2.75) is 268 Å². The van der Waals surface area contributed by atoms with Crippen LogP contribution in [-0.2, 0) is 126 Å². The zero-order chi connectivity index (χ0) is 109. The van der Waals surface area contributed by atoms with Crippen molar-refractivity contribution in [1.29, 1.82) is 0 Å². The summed E-state index contributed by atoms with van der Waals surface area (Å²) < 4.78 is 1.42. The zero-order valence-electron chi connectivity index (χ0n) is 85.3. The lowest BCUT2D eigenvalue weighted by Crippen LogP contribution is -2.62. The minimum Gasteiger partial charge on any atom is -0.508 e. The number of aliphatic hydroxyl groups is 1. The molecule has 810 valence electrons. The highest BCUT2D eigenvalue weighted by atomic mass is 32.2. The standard InChI is InChI=1S/C99H143N23O25S/c1-12-15-25-75-91(138)110-66(36-53(4)5)88(135)116-73(86(133)106-46-81(127)104-45-80(126)105-47-82(128)107-63(14-3)99(146)147)51-148-52-83(129)108-69(38-56-29-31-59(123)32-30-56)94(141)117(9)55(8)85(132)112-71(42-79(102)125)96(143)121-35-21-28-76(121)92(139)115-72(43-101)90(137)113-68(37-54(6)7)97(144)122-49-60(124)41-78(122)93(140)111-67(39-57-44-103-64-24-19-17-22-61(57)64)89(136)109-65(33-34-100)87(134)114-70(95(142)119(11)77(26-16-13-2)98(145)118(75)10)40-58-48-120(50-84(130)131)74-27-20-18-23-62(58)74/h17-20,22-24,27,29-32,44,48,53-55,60,63,65-73,75-78,103,123-124H,12-16,21,25-26,28,33-43,45-47,49-52,100-101H2,1-11H3,(H2,102,125)(H,104,127)(H,105,126)(H,106,133)(H,107,128)(H,108,129)(H,109,136)(H,110,138)(H,111,140)(H,112,132)(H,113,137)(H,114,134)(H,115,139)(H,116,135)(H,130,131)(H,146,147)/t55-,60+,63-,65-,66-,67-,68-,69-,70-,71-,72-,73-,75-,76-,77-,78-/m0/s1. The molecule has 3 saturated heterocycles. The molecule has 3 aliphatic rings. The molecule has 3 aromatic carbocycles. The Balaban J connectivity index is 1.21. The number of thioether (sulfide) groups is 1. The van der Waals surface area contributed by atoms with Crippen LogP contribution in [0, 0.1) is 11.8 Å². The summed E-state index contributed by atoms with van der Waals surface area (Å²) in [6, 6.07) is -4.38. The Kier molecular flexibility index (Phi) is 45.9. The van der Waals surface area contributed by atoms with Crippen molar-refractivity contribution in [3.63, 3.8) is 0 Å². The third-order valence-electron chi connectivity index (χ3n) is 26.0. The molecule has 0 aliphatic carbocycles. The van der Waals surface area contributed by atoms with E-state index < -0.39 is 297 Å². The van der Waals surface area contributed by atoms with Crippen molar-refractivity contribution in [3.05, 3.63) is 102 Å². The molecule has 0 saturated carbocycles. The van der Waals surface area contributed by atoms with E-state index in [1.165, 1.54) is 70.0 Å². The fourth-order valence-corrected chi connectivity index (χ4v) is 18.7. The minimum atomic E-state index is -1.81. The molecule has 3 fully saturated rings. The van der Waals surface area contributed by atoms with E-state index in [0.717, 1.165) is 24.5 Å². The van der Waals surface area contributed by atoms with Crippen molar-refractivity contribution in [2.24, 2.45) is 29.0 Å². The molecule has 3 aliphatic heterocycles. The Morgan fingerprint density at radius 2 is 1.06 bits per heavy atom. The highest BCUT2D eigenvalue weighted by molar-refractivity contribution is 8.00. The summed E-state index contributed by atoms with van der Waals surface area (Å²) in [6.45, 7) is 8.85. The van der Waals surface area contributed by atoms with E-state index >= 15 is 38.4 Å². The molecule has 5 aromatic rings. The van der Waals surface area contributed by atoms with Gasteiger partial charge in [-0.25, -0.2) is 4.79 Å². The Hall–Kier alpha value is -14.4. The van der Waals surface area contributed by atoms with Crippen LogP contribution in [0.25, 0.3) is 21.8 Å². The number of nitrogens with one attached hydrogen (secondary N) is 14. The number of amides is 19. The van der Waals surface area contributed by atoms with Crippen molar-refractivity contribution in [3.8, 4) is 5.75 Å². The van der Waals surface area contributed by atoms with E-state index in [0.29, 0.717) is 63.1 Å². The number of carboxylic acid groups (broad SMARTS) is 2. The van der Waals surface area contributed by atoms with Gasteiger partial charge in [0.25, 0.3) is 0 Å². The van der Waals surface area contributed by atoms with Crippen LogP contribution in [0.4, 0.5) is 0 Å². The monoisotopic (exact) mass is 2090 g/mol. The molecule has 48 nitrogen and oxygen atoms in total. The van der Waals surface area contributed by atoms with E-state index in [4.69, 9.17) is 17.2 Å². The average molecular weight is 2090 g/mol. The van der Waals surface area contributed by atoms with Gasteiger partial charge in [-0.1, -0.05) is 123 Å². The van der Waals surface area contributed by atoms with Crippen LogP contribution in [0.3, 0.4) is 0 Å². The smallest absolute Gasteiger partial charge is 0.326 e. The number of para-hydroxylation sites is 2. The lowest BCUT2D eigenvalue weighted by molar-refractivity contribution is -0.149. The molecule has 0 unspecified atom stereocenters. The highest BCUT2D eigenvalue weighted by Crippen LogP contribution is 2.29. The number of benzene rings is 3. The largest absolute Gasteiger partial charge is 0.508 e. The normalized spacial score (nSPS) is 23.8. The number of phenolic OH excluding ortho intramolecular Hbond substituents is 1. The number of primary amides is 1. The number of carbonyl (C=O) groups excluding carboxylic acids is 19. The number of hydrogen-bond acceptors (Lipinski definition) is 26. The molecule has 19 amide bonds. The first-order valence-corrected chi connectivity index (χ1v) is 50.9. The number of H-pyrrole nitrogens is 1. The van der Waals surface area contributed by atoms with Gasteiger partial charge in [0, 0.05) is 106 Å². The number of likely N-dealkylation sites (N-methyl/N-ethyl adjacent to an activating group) is 3. The van der Waals surface area contributed by atoms with Gasteiger partial charge in [-0.3, -0.25) is 95.9 Å². The molecule has 8 rings (SSSR count). The molecule has 24 N–H and O–H groups in total. The van der Waals surface area contributed by atoms with E-state index in [-0.39, 0.29) is 102 Å². The van der Waals surface area contributed by atoms with E-state index in [1.807, 2.05) is 13.8 Å². The molecule has 16 atom stereocenters. The Morgan fingerprint density at radius 3 is 1.69 bits per heavy atom. The van der Waals surface area contributed by atoms with Crippen molar-refractivity contribution in [2.75, 3.05) is 78.5 Å². The third-order valence-corrected chi connectivity index (χ3v) is 27.0. The number of aliphatic carboxylic acids is 2. The predicted molar refractivity (Wildman–Crippen MR) is 541 cm³/mol. The summed E-state index contributed by atoms with van der Waals surface area (Å²) in [5, 5.41) is 75.6. The lowest BCUT2D eigenvalue weighted by Gasteiger charge is -2.36. The van der Waals surface area contributed by atoms with Crippen LogP contribution in [0.1, 0.15) is 162 Å². The van der Waals surface area contributed by atoms with E-state index in [1.54, 1.807) is 82.4 Å². The maximum atomic E-state index is 16.1. The Bertz CT molecular complexity index is 5580. The first-order valence-electron chi connectivity index (χ1n) is 49.7. The van der Waals surface area contributed by atoms with Crippen LogP contribution in [0.15, 0.2) is 85.2 Å². The number of unbranched alkanes of at least 4 members (excludes halogenated alkanes) is 2. The van der Waals surface area contributed by atoms with Gasteiger partial charge in [-0.2, -0.15) is 0 Å². The molecule has 0 bridgehead atoms. The number of nitrogens with zero attached hydrogens (tertiary/aromatic N) is 6. The van der Waals surface area contributed by atoms with Crippen molar-refractivity contribution >= 4 is 158 Å². The van der Waals surface area contributed by atoms with Crippen LogP contribution in [-0.4, -0.2) is 354 Å². The third kappa shape index (κ3) is 34.1. The van der Waals surface area contributed by atoms with Gasteiger partial charge in [0.05, 0.1) is 37.9 Å². The number of aliphatic hydroxyl groups excluding tert-OH is 1. The van der Waals surface area contributed by atoms with E-state index in [2.05, 4.69) is 74.1 Å². The number of carboxylic acids is 2. The molecule has 0 radical (unpaired) electrons. The first kappa shape index (κ1) is 119. The summed E-state index contributed by atoms with van der Waals surface area (Å²) in [7, 11) is 3.83. The molecular weight excluding hydrogens is 1940 g/mol. The Morgan fingerprint density at radius 1 is 0.527 bits per heavy atom. The second-order valence-electron chi connectivity index (χ2n) is 38.3. The number of aromatic hydroxyl groups is 1. The van der Waals surface area contributed by atoms with Crippen LogP contribution < -0.4 is 86.3 Å². The fourth-order valence-electron chi connectivity index (χ4n) is 17.9. The summed E-state index contributed by atoms with van der Waals surface area (Å²) in [6.07, 6.45) is 0.308. The van der Waals surface area contributed by atoms with Gasteiger partial charge < -0.3 is 141 Å². The number of hydrogen-bond donors (Lipinski definition) is 21. The second kappa shape index (κ2) is 57.1. The van der Waals surface area contributed by atoms with Crippen molar-refractivity contribution < 1.29 is 121 Å². The molecule has 148 heavy (non-hydrogen) atoms. The number of fused-ring (bicyclic) bond motifs is 4. The van der Waals surface area contributed by atoms with Gasteiger partial charge >= 0.3 is 11.9 Å². The summed E-state index contributed by atoms with van der Waals surface area (Å²) in [4.78, 5) is 311. The molecule has 49 heteroatoms. The molecule has 0 spiro atoms. The van der Waals surface area contributed by atoms with Crippen LogP contribution in [0.2, 0.25) is 0 Å². The summed E-state index contributed by atoms with van der Waals surface area (Å²) in [5.74, 6) is -23.0. The first-order chi connectivity index (χ1) is 70.2. The zero-order valence-corrected chi connectivity index (χ0v) is 86.1. The highest BCUT2D eigenvalue weighted by Gasteiger charge is 2.47. The van der Waals surface area contributed by atoms with Crippen molar-refractivity contribution in [1.82, 2.24) is 103 Å². The van der Waals surface area contributed by atoms with Gasteiger partial charge in [-0.05, 0) is 118 Å². The number of nitrogens with two attached hydrogens (primary N) is 3. The number of aromatic amines is 1. The Labute approximate surface area is 860 Å². The number of carbonyl (C=O) groups is 21. The SMILES string of the molecule is CCCC[C@H]1C(=O)N(C)[C@@H](CCCC)C(=O)N[C@@H](CC(C)C)C(=O)N[C@H](C(=O)NCC(=O)NCC(=O)NCC(=O)N[C@@H](CC)C(=O)O)CSCC(=O)N[C@@H](Cc2ccc(O)cc2)C(=O)N(C)[C@@H](C)C(=O)N[C@@H](CC(N)=O)C(=O)N2CCC[C@H]2C(=O)N[C@@H](CN)C(=O)N[C@@H](CC(C)C)C(=O)N2C[C@H](O)C[C@H]2C(=O)N[C@@H](Cc2c[nH]c3ccccc23)C(=O)N[C@@H](CCN)C(=O)N[C@@H](Cc2cn(CC(=O)O)c3ccccc23)C(=O)N1C. The van der Waals surface area contributed by atoms with Gasteiger partial charge in [0.2, 0.25) is 112 Å². The number of rotatable bonds is 33. The minimum absolute atomic E-state index is 0.0198. The summed E-state index contributed by atoms with van der Waals surface area (Å²) in [5.41, 5.74) is 20.4. The number of phenols is 1. The van der Waals surface area contributed by atoms with Gasteiger partial charge in [0.1, 0.15) is 103 Å². The van der Waals surface area contributed by atoms with Gasteiger partial charge in [0.15, 0.2) is 0 Å². The maximum absolute atomic E-state index is 16.1. The summed E-state index contributed by atoms with van der Waals surface area (Å²) >= 11 is 0.711. The van der Waals surface area contributed by atoms with E-state index in [9.17, 15) is 82.8 Å². The lowest BCUT2D eigenvalue weighted by atomic mass is 9.99. The predicted octanol–water partition coefficient (Wildman–Crippen LogP) is -3.51. The number of aromatic nitrogens is 2. The van der Waals surface area contributed by atoms with Gasteiger partial charge in [-0.15, -0.1) is 11.8 Å². The second-order valence-corrected chi connectivity index (χ2v) is 39.3. The molecule has 5 heterocycles. The maximum Gasteiger partial charge on any atom is 0.326 e. The van der Waals surface area contributed by atoms with Crippen LogP contribution >= 0.6 is 11.8 Å². The molecular formula is C99H143N23O25S. The van der Waals surface area contributed by atoms with Crippen LogP contribution in [0.5, 0.6) is 5.75 Å². The quantitative estimate of drug-likeness (QED) is 0.0194. The fraction of sp³-hybridized carbons (Fsp3) is 0.566. The average Bonchev–Trinajstić information content (AvgIpc) is 1.65. The topological polar surface area (TPSA) is 711 Å². The molecule has 2 aromatic heterocycles.